The van der Waals surface area contributed by atoms with Crippen LogP contribution in [0.2, 0.25) is 0 Å². The summed E-state index contributed by atoms with van der Waals surface area (Å²) in [5.41, 5.74) is 5.44. The van der Waals surface area contributed by atoms with Crippen LogP contribution in [-0.4, -0.2) is 30.4 Å². The molecule has 5 aromatic rings. The van der Waals surface area contributed by atoms with Crippen LogP contribution in [0.15, 0.2) is 91.1 Å². The summed E-state index contributed by atoms with van der Waals surface area (Å²) in [5.74, 6) is 2.36. The van der Waals surface area contributed by atoms with E-state index in [1.807, 2.05) is 86.6 Å². The number of hydrogen-bond donors (Lipinski definition) is 1. The second-order valence-electron chi connectivity index (χ2n) is 9.07. The smallest absolute Gasteiger partial charge is 0.416 e. The maximum absolute atomic E-state index is 12.4. The van der Waals surface area contributed by atoms with Gasteiger partial charge in [-0.15, -0.1) is 0 Å². The fourth-order valence-corrected chi connectivity index (χ4v) is 4.57. The molecule has 1 aromatic heterocycles. The molecule has 0 saturated carbocycles. The monoisotopic (exact) mass is 520 g/mol. The molecule has 1 heterocycles. The average molecular weight is 521 g/mol. The quantitative estimate of drug-likeness (QED) is 0.233. The van der Waals surface area contributed by atoms with Crippen molar-refractivity contribution >= 4 is 28.4 Å². The van der Waals surface area contributed by atoms with Gasteiger partial charge in [-0.1, -0.05) is 42.5 Å². The third-order valence-electron chi connectivity index (χ3n) is 6.59. The molecular formula is C32H28N2O5. The van der Waals surface area contributed by atoms with Gasteiger partial charge in [-0.2, -0.15) is 0 Å². The van der Waals surface area contributed by atoms with Gasteiger partial charge in [-0.25, -0.2) is 9.69 Å². The average Bonchev–Trinajstić information content (AvgIpc) is 2.95. The number of ether oxygens (including phenoxy) is 3. The number of aromatic nitrogens is 1. The summed E-state index contributed by atoms with van der Waals surface area (Å²) in [4.78, 5) is 18.1. The molecule has 0 aliphatic heterocycles. The maximum atomic E-state index is 12.4. The lowest BCUT2D eigenvalue weighted by Gasteiger charge is -2.23. The van der Waals surface area contributed by atoms with Crippen molar-refractivity contribution in [2.75, 3.05) is 19.1 Å². The van der Waals surface area contributed by atoms with E-state index in [-0.39, 0.29) is 0 Å². The summed E-state index contributed by atoms with van der Waals surface area (Å²) < 4.78 is 17.2. The molecule has 0 fully saturated rings. The number of anilines is 2. The highest BCUT2D eigenvalue weighted by Gasteiger charge is 2.21. The Morgan fingerprint density at radius 1 is 0.744 bits per heavy atom. The number of nitrogens with zero attached hydrogens (tertiary/aromatic N) is 2. The largest absolute Gasteiger partial charge is 0.493 e. The minimum absolute atomic E-state index is 0.555. The van der Waals surface area contributed by atoms with Gasteiger partial charge in [0.05, 0.1) is 31.1 Å². The van der Waals surface area contributed by atoms with E-state index in [1.165, 1.54) is 4.90 Å². The lowest BCUT2D eigenvalue weighted by Crippen LogP contribution is -2.24. The Hall–Kier alpha value is -5.04. The predicted molar refractivity (Wildman–Crippen MR) is 153 cm³/mol. The molecule has 0 saturated heterocycles. The molecule has 5 rings (SSSR count). The first-order valence-electron chi connectivity index (χ1n) is 12.4. The Bertz CT molecular complexity index is 1650. The lowest BCUT2D eigenvalue weighted by molar-refractivity contribution is 0.204. The molecule has 0 atom stereocenters. The zero-order chi connectivity index (χ0) is 27.5. The highest BCUT2D eigenvalue weighted by Crippen LogP contribution is 2.40. The SMILES string of the molecule is COc1cc2nccc(Oc3cc(C)c(N(C(=O)O)c4ccc(-c5ccccc5)cc4)cc3C)c2cc1OC. The van der Waals surface area contributed by atoms with Crippen molar-refractivity contribution in [3.8, 4) is 34.1 Å². The zero-order valence-corrected chi connectivity index (χ0v) is 22.1. The second-order valence-corrected chi connectivity index (χ2v) is 9.07. The molecule has 0 aliphatic rings. The topological polar surface area (TPSA) is 81.1 Å². The number of carbonyl (C=O) groups is 1. The Kier molecular flexibility index (Phi) is 7.06. The number of methoxy groups -OCH3 is 2. The third kappa shape index (κ3) is 5.07. The van der Waals surface area contributed by atoms with Crippen LogP contribution in [0.4, 0.5) is 16.2 Å². The van der Waals surface area contributed by atoms with E-state index in [0.717, 1.165) is 27.6 Å². The molecule has 1 N–H and O–H groups in total. The highest BCUT2D eigenvalue weighted by molar-refractivity contribution is 5.96. The summed E-state index contributed by atoms with van der Waals surface area (Å²) in [6.07, 6.45) is 0.602. The molecule has 0 unspecified atom stereocenters. The minimum atomic E-state index is -1.07. The van der Waals surface area contributed by atoms with Gasteiger partial charge in [0, 0.05) is 17.6 Å². The van der Waals surface area contributed by atoms with Crippen LogP contribution in [0.5, 0.6) is 23.0 Å². The molecule has 0 aliphatic carbocycles. The van der Waals surface area contributed by atoms with Crippen molar-refractivity contribution in [1.29, 1.82) is 0 Å². The van der Waals surface area contributed by atoms with Crippen LogP contribution in [0.3, 0.4) is 0 Å². The summed E-state index contributed by atoms with van der Waals surface area (Å²) in [6.45, 7) is 3.76. The van der Waals surface area contributed by atoms with Crippen molar-refractivity contribution in [1.82, 2.24) is 4.98 Å². The number of benzene rings is 4. The molecule has 4 aromatic carbocycles. The molecule has 0 spiro atoms. The van der Waals surface area contributed by atoms with Gasteiger partial charge in [0.25, 0.3) is 0 Å². The van der Waals surface area contributed by atoms with Crippen LogP contribution in [0, 0.1) is 13.8 Å². The molecule has 196 valence electrons. The zero-order valence-electron chi connectivity index (χ0n) is 22.1. The Labute approximate surface area is 226 Å². The highest BCUT2D eigenvalue weighted by atomic mass is 16.5. The molecule has 0 bridgehead atoms. The van der Waals surface area contributed by atoms with Crippen molar-refractivity contribution < 1.29 is 24.1 Å². The Morgan fingerprint density at radius 3 is 2.08 bits per heavy atom. The lowest BCUT2D eigenvalue weighted by atomic mass is 10.0. The van der Waals surface area contributed by atoms with Crippen LogP contribution in [0.1, 0.15) is 11.1 Å². The summed E-state index contributed by atoms with van der Waals surface area (Å²) in [6, 6.07) is 26.6. The first-order valence-corrected chi connectivity index (χ1v) is 12.4. The second kappa shape index (κ2) is 10.8. The molecule has 0 radical (unpaired) electrons. The molecule has 7 nitrogen and oxygen atoms in total. The number of pyridine rings is 1. The number of aryl methyl sites for hydroxylation is 2. The molecule has 1 amide bonds. The summed E-state index contributed by atoms with van der Waals surface area (Å²) in [7, 11) is 3.16. The van der Waals surface area contributed by atoms with Crippen molar-refractivity contribution in [2.24, 2.45) is 0 Å². The van der Waals surface area contributed by atoms with E-state index in [9.17, 15) is 9.90 Å². The summed E-state index contributed by atoms with van der Waals surface area (Å²) in [5, 5.41) is 10.9. The van der Waals surface area contributed by atoms with Crippen molar-refractivity contribution in [2.45, 2.75) is 13.8 Å². The normalized spacial score (nSPS) is 10.8. The summed E-state index contributed by atoms with van der Waals surface area (Å²) >= 11 is 0. The van der Waals surface area contributed by atoms with Crippen LogP contribution < -0.4 is 19.1 Å². The first-order chi connectivity index (χ1) is 18.9. The van der Waals surface area contributed by atoms with Gasteiger partial charge in [-0.3, -0.25) is 4.98 Å². The van der Waals surface area contributed by atoms with Crippen LogP contribution in [0.25, 0.3) is 22.0 Å². The van der Waals surface area contributed by atoms with Crippen LogP contribution in [-0.2, 0) is 0 Å². The van der Waals surface area contributed by atoms with Gasteiger partial charge in [0.1, 0.15) is 11.5 Å². The van der Waals surface area contributed by atoms with E-state index in [0.29, 0.717) is 39.9 Å². The standard InChI is InChI=1S/C32H28N2O5/c1-20-17-29(39-28-14-15-33-26-19-31(38-4)30(37-3)18-25(26)28)21(2)16-27(20)34(32(35)36)24-12-10-23(11-13-24)22-8-6-5-7-9-22/h5-19H,1-4H3,(H,35,36). The van der Waals surface area contributed by atoms with E-state index >= 15 is 0 Å². The fourth-order valence-electron chi connectivity index (χ4n) is 4.57. The number of carboxylic acid groups (broad SMARTS) is 1. The number of fused-ring (bicyclic) bond motifs is 1. The Balaban J connectivity index is 1.49. The van der Waals surface area contributed by atoms with Gasteiger partial charge in [0.15, 0.2) is 11.5 Å². The van der Waals surface area contributed by atoms with Gasteiger partial charge < -0.3 is 19.3 Å². The van der Waals surface area contributed by atoms with E-state index in [2.05, 4.69) is 4.98 Å². The van der Waals surface area contributed by atoms with Crippen molar-refractivity contribution in [3.05, 3.63) is 102 Å². The van der Waals surface area contributed by atoms with Gasteiger partial charge in [0.2, 0.25) is 0 Å². The first kappa shape index (κ1) is 25.6. The number of rotatable bonds is 7. The minimum Gasteiger partial charge on any atom is -0.493 e. The predicted octanol–water partition coefficient (Wildman–Crippen LogP) is 8.14. The number of amides is 1. The Morgan fingerprint density at radius 2 is 1.41 bits per heavy atom. The third-order valence-corrected chi connectivity index (χ3v) is 6.59. The molecular weight excluding hydrogens is 492 g/mol. The number of hydrogen-bond acceptors (Lipinski definition) is 5. The van der Waals surface area contributed by atoms with E-state index in [4.69, 9.17) is 14.2 Å². The van der Waals surface area contributed by atoms with E-state index in [1.54, 1.807) is 32.5 Å². The molecule has 7 heteroatoms. The van der Waals surface area contributed by atoms with E-state index < -0.39 is 6.09 Å². The van der Waals surface area contributed by atoms with Crippen molar-refractivity contribution in [3.63, 3.8) is 0 Å². The van der Waals surface area contributed by atoms with Gasteiger partial charge in [-0.05, 0) is 72.5 Å². The van der Waals surface area contributed by atoms with Gasteiger partial charge >= 0.3 is 6.09 Å². The van der Waals surface area contributed by atoms with Crippen LogP contribution >= 0.6 is 0 Å². The maximum Gasteiger partial charge on any atom is 0.416 e. The molecule has 39 heavy (non-hydrogen) atoms. The fraction of sp³-hybridized carbons (Fsp3) is 0.125.